The molecule has 2 aromatic carbocycles. The van der Waals surface area contributed by atoms with Crippen LogP contribution in [-0.4, -0.2) is 34.0 Å². The Morgan fingerprint density at radius 3 is 2.23 bits per heavy atom. The van der Waals surface area contributed by atoms with Gasteiger partial charge >= 0.3 is 6.18 Å². The van der Waals surface area contributed by atoms with Gasteiger partial charge in [-0.1, -0.05) is 30.3 Å². The van der Waals surface area contributed by atoms with Crippen molar-refractivity contribution in [3.05, 3.63) is 102 Å². The molecule has 0 fully saturated rings. The number of carbonyl (C=O) groups excluding carboxylic acids is 2. The fraction of sp³-hybridized carbons (Fsp3) is 0.0800. The van der Waals surface area contributed by atoms with Gasteiger partial charge in [0.05, 0.1) is 24.1 Å². The molecule has 0 bridgehead atoms. The molecule has 176 valence electrons. The number of hydrogen-bond donors (Lipinski definition) is 1. The summed E-state index contributed by atoms with van der Waals surface area (Å²) in [7, 11) is 1.49. The first-order chi connectivity index (χ1) is 16.8. The van der Waals surface area contributed by atoms with Gasteiger partial charge in [0.1, 0.15) is 11.4 Å². The monoisotopic (exact) mass is 478 g/mol. The minimum atomic E-state index is -4.67. The molecule has 7 nitrogen and oxygen atoms in total. The predicted molar refractivity (Wildman–Crippen MR) is 121 cm³/mol. The number of methoxy groups -OCH3 is 1. The standard InChI is InChI=1S/C25H17F3N4O3/c1-35-22-9-5-4-8-19(22)30-24(34)21-13-12-18(31-32-21)15-10-11-20(29-14-15)23(33)16-6-2-3-7-17(16)25(26,27)28/h2-14H,1H3,(H,30,34). The average molecular weight is 478 g/mol. The van der Waals surface area contributed by atoms with Gasteiger partial charge < -0.3 is 10.1 Å². The van der Waals surface area contributed by atoms with E-state index in [-0.39, 0.29) is 11.4 Å². The summed E-state index contributed by atoms with van der Waals surface area (Å²) in [6.07, 6.45) is -3.36. The number of nitrogens with zero attached hydrogens (tertiary/aromatic N) is 3. The van der Waals surface area contributed by atoms with E-state index in [1.54, 1.807) is 30.3 Å². The van der Waals surface area contributed by atoms with Crippen LogP contribution in [0.2, 0.25) is 0 Å². The van der Waals surface area contributed by atoms with Gasteiger partial charge in [0, 0.05) is 17.3 Å². The number of hydrogen-bond acceptors (Lipinski definition) is 6. The van der Waals surface area contributed by atoms with E-state index in [9.17, 15) is 22.8 Å². The Hall–Kier alpha value is -4.60. The maximum Gasteiger partial charge on any atom is 0.417 e. The molecule has 35 heavy (non-hydrogen) atoms. The molecule has 1 N–H and O–H groups in total. The number of halogens is 3. The van der Waals surface area contributed by atoms with E-state index in [1.165, 1.54) is 43.6 Å². The molecule has 0 spiro atoms. The van der Waals surface area contributed by atoms with E-state index in [4.69, 9.17) is 4.74 Å². The van der Waals surface area contributed by atoms with Gasteiger partial charge in [-0.25, -0.2) is 0 Å². The maximum absolute atomic E-state index is 13.2. The first-order valence-electron chi connectivity index (χ1n) is 10.2. The molecule has 4 rings (SSSR count). The molecule has 0 saturated heterocycles. The summed E-state index contributed by atoms with van der Waals surface area (Å²) in [5.41, 5.74) is -0.290. The quantitative estimate of drug-likeness (QED) is 0.390. The van der Waals surface area contributed by atoms with E-state index in [0.29, 0.717) is 22.7 Å². The largest absolute Gasteiger partial charge is 0.495 e. The molecule has 2 aromatic heterocycles. The molecule has 0 aliphatic carbocycles. The molecule has 0 atom stereocenters. The van der Waals surface area contributed by atoms with Crippen LogP contribution in [0, 0.1) is 0 Å². The van der Waals surface area contributed by atoms with Crippen LogP contribution in [0.15, 0.2) is 79.0 Å². The van der Waals surface area contributed by atoms with Crippen LogP contribution in [0.1, 0.15) is 32.1 Å². The molecule has 2 heterocycles. The second-order valence-electron chi connectivity index (χ2n) is 7.26. The smallest absolute Gasteiger partial charge is 0.417 e. The van der Waals surface area contributed by atoms with Crippen molar-refractivity contribution in [2.75, 3.05) is 12.4 Å². The summed E-state index contributed by atoms with van der Waals surface area (Å²) in [5, 5.41) is 10.6. The van der Waals surface area contributed by atoms with Crippen LogP contribution in [0.3, 0.4) is 0 Å². The predicted octanol–water partition coefficient (Wildman–Crippen LogP) is 5.05. The van der Waals surface area contributed by atoms with Gasteiger partial charge in [-0.05, 0) is 42.5 Å². The van der Waals surface area contributed by atoms with Crippen LogP contribution in [0.5, 0.6) is 5.75 Å². The normalized spacial score (nSPS) is 11.1. The maximum atomic E-state index is 13.2. The third kappa shape index (κ3) is 5.16. The highest BCUT2D eigenvalue weighted by Gasteiger charge is 2.35. The minimum absolute atomic E-state index is 0.0585. The molecule has 0 aliphatic rings. The van der Waals surface area contributed by atoms with E-state index < -0.39 is 29.0 Å². The van der Waals surface area contributed by atoms with Crippen molar-refractivity contribution in [3.63, 3.8) is 0 Å². The van der Waals surface area contributed by atoms with Gasteiger partial charge in [-0.3, -0.25) is 14.6 Å². The Morgan fingerprint density at radius 1 is 0.857 bits per heavy atom. The van der Waals surface area contributed by atoms with Crippen molar-refractivity contribution in [1.29, 1.82) is 0 Å². The lowest BCUT2D eigenvalue weighted by molar-refractivity contribution is -0.137. The number of carbonyl (C=O) groups is 2. The molecule has 0 unspecified atom stereocenters. The summed E-state index contributed by atoms with van der Waals surface area (Å²) in [4.78, 5) is 29.1. The second-order valence-corrected chi connectivity index (χ2v) is 7.26. The summed E-state index contributed by atoms with van der Waals surface area (Å²) in [6, 6.07) is 17.3. The number of pyridine rings is 1. The molecule has 10 heteroatoms. The zero-order valence-electron chi connectivity index (χ0n) is 18.2. The van der Waals surface area contributed by atoms with Gasteiger partial charge in [0.2, 0.25) is 5.78 Å². The van der Waals surface area contributed by atoms with E-state index >= 15 is 0 Å². The highest BCUT2D eigenvalue weighted by molar-refractivity contribution is 6.09. The first kappa shape index (κ1) is 23.6. The van der Waals surface area contributed by atoms with Crippen molar-refractivity contribution in [3.8, 4) is 17.0 Å². The van der Waals surface area contributed by atoms with Crippen molar-refractivity contribution >= 4 is 17.4 Å². The number of anilines is 1. The lowest BCUT2D eigenvalue weighted by atomic mass is 10.0. The van der Waals surface area contributed by atoms with Crippen molar-refractivity contribution in [2.45, 2.75) is 6.18 Å². The molecule has 1 amide bonds. The lowest BCUT2D eigenvalue weighted by Crippen LogP contribution is -2.15. The molecule has 0 saturated carbocycles. The highest BCUT2D eigenvalue weighted by atomic mass is 19.4. The number of ether oxygens (including phenoxy) is 1. The molecular formula is C25H17F3N4O3. The number of benzene rings is 2. The van der Waals surface area contributed by atoms with Crippen LogP contribution >= 0.6 is 0 Å². The number of para-hydroxylation sites is 2. The van der Waals surface area contributed by atoms with Crippen LogP contribution in [0.25, 0.3) is 11.3 Å². The fourth-order valence-electron chi connectivity index (χ4n) is 3.29. The van der Waals surface area contributed by atoms with Gasteiger partial charge in [0.25, 0.3) is 5.91 Å². The van der Waals surface area contributed by atoms with Gasteiger partial charge in [-0.2, -0.15) is 13.2 Å². The molecular weight excluding hydrogens is 461 g/mol. The highest BCUT2D eigenvalue weighted by Crippen LogP contribution is 2.32. The van der Waals surface area contributed by atoms with E-state index in [2.05, 4.69) is 20.5 Å². The number of amides is 1. The van der Waals surface area contributed by atoms with E-state index in [0.717, 1.165) is 12.1 Å². The number of rotatable bonds is 6. The van der Waals surface area contributed by atoms with Gasteiger partial charge in [0.15, 0.2) is 5.69 Å². The van der Waals surface area contributed by atoms with Crippen molar-refractivity contribution in [1.82, 2.24) is 15.2 Å². The van der Waals surface area contributed by atoms with Crippen molar-refractivity contribution in [2.24, 2.45) is 0 Å². The average Bonchev–Trinajstić information content (AvgIpc) is 2.88. The number of aromatic nitrogens is 3. The topological polar surface area (TPSA) is 94.1 Å². The summed E-state index contributed by atoms with van der Waals surface area (Å²) in [6.45, 7) is 0. The van der Waals surface area contributed by atoms with Gasteiger partial charge in [-0.15, -0.1) is 10.2 Å². The van der Waals surface area contributed by atoms with Crippen LogP contribution in [0.4, 0.5) is 18.9 Å². The molecule has 4 aromatic rings. The zero-order valence-corrected chi connectivity index (χ0v) is 18.2. The number of nitrogens with one attached hydrogen (secondary N) is 1. The van der Waals surface area contributed by atoms with E-state index in [1.807, 2.05) is 0 Å². The molecule has 0 radical (unpaired) electrons. The van der Waals surface area contributed by atoms with Crippen molar-refractivity contribution < 1.29 is 27.5 Å². The number of ketones is 1. The van der Waals surface area contributed by atoms with Crippen LogP contribution in [-0.2, 0) is 6.18 Å². The molecule has 0 aliphatic heterocycles. The third-order valence-corrected chi connectivity index (χ3v) is 5.02. The minimum Gasteiger partial charge on any atom is -0.495 e. The summed E-state index contributed by atoms with van der Waals surface area (Å²) < 4.78 is 44.9. The summed E-state index contributed by atoms with van der Waals surface area (Å²) >= 11 is 0. The zero-order chi connectivity index (χ0) is 25.0. The second kappa shape index (κ2) is 9.72. The van der Waals surface area contributed by atoms with Crippen LogP contribution < -0.4 is 10.1 Å². The Kier molecular flexibility index (Phi) is 6.54. The lowest BCUT2D eigenvalue weighted by Gasteiger charge is -2.11. The Morgan fingerprint density at radius 2 is 1.57 bits per heavy atom. The first-order valence-corrected chi connectivity index (χ1v) is 10.2. The SMILES string of the molecule is COc1ccccc1NC(=O)c1ccc(-c2ccc(C(=O)c3ccccc3C(F)(F)F)nc2)nn1. The Bertz CT molecular complexity index is 1370. The summed E-state index contributed by atoms with van der Waals surface area (Å²) in [5.74, 6) is -0.848. The number of alkyl halides is 3. The Balaban J connectivity index is 1.50. The fourth-order valence-corrected chi connectivity index (χ4v) is 3.29. The third-order valence-electron chi connectivity index (χ3n) is 5.02. The Labute approximate surface area is 197 Å².